The molecule has 4 rings (SSSR count). The van der Waals surface area contributed by atoms with E-state index in [1.807, 2.05) is 91.0 Å². The highest BCUT2D eigenvalue weighted by atomic mass is 16.4. The maximum Gasteiger partial charge on any atom is 0.302 e. The molecule has 0 fully saturated rings. The topological polar surface area (TPSA) is 55.1 Å². The van der Waals surface area contributed by atoms with E-state index < -0.39 is 0 Å². The van der Waals surface area contributed by atoms with Gasteiger partial charge in [-0.05, 0) is 5.56 Å². The van der Waals surface area contributed by atoms with Gasteiger partial charge in [-0.2, -0.15) is 4.98 Å². The van der Waals surface area contributed by atoms with Crippen molar-refractivity contribution in [1.82, 2.24) is 4.98 Å². The van der Waals surface area contributed by atoms with Gasteiger partial charge in [0.2, 0.25) is 5.91 Å². The number of hydrogen-bond donors (Lipinski definition) is 1. The van der Waals surface area contributed by atoms with Gasteiger partial charge in [0.15, 0.2) is 5.76 Å². The van der Waals surface area contributed by atoms with Crippen LogP contribution in [-0.2, 0) is 11.2 Å². The third-order valence-electron chi connectivity index (χ3n) is 4.16. The maximum atomic E-state index is 12.4. The van der Waals surface area contributed by atoms with E-state index >= 15 is 0 Å². The van der Waals surface area contributed by atoms with E-state index in [2.05, 4.69) is 10.3 Å². The maximum absolute atomic E-state index is 12.4. The van der Waals surface area contributed by atoms with Crippen molar-refractivity contribution >= 4 is 11.9 Å². The molecule has 4 heteroatoms. The zero-order chi connectivity index (χ0) is 18.5. The van der Waals surface area contributed by atoms with Gasteiger partial charge in [0, 0.05) is 11.1 Å². The first-order valence-electron chi connectivity index (χ1n) is 8.75. The smallest absolute Gasteiger partial charge is 0.302 e. The fourth-order valence-electron chi connectivity index (χ4n) is 2.90. The highest BCUT2D eigenvalue weighted by Gasteiger charge is 2.18. The van der Waals surface area contributed by atoms with Crippen LogP contribution in [0.1, 0.15) is 5.56 Å². The van der Waals surface area contributed by atoms with Crippen molar-refractivity contribution in [2.45, 2.75) is 6.42 Å². The Morgan fingerprint density at radius 3 is 1.96 bits per heavy atom. The monoisotopic (exact) mass is 354 g/mol. The van der Waals surface area contributed by atoms with Crippen molar-refractivity contribution in [1.29, 1.82) is 0 Å². The van der Waals surface area contributed by atoms with Gasteiger partial charge in [-0.3, -0.25) is 10.1 Å². The molecule has 0 atom stereocenters. The van der Waals surface area contributed by atoms with Gasteiger partial charge in [-0.15, -0.1) is 0 Å². The number of anilines is 1. The number of benzene rings is 3. The van der Waals surface area contributed by atoms with Crippen LogP contribution in [0.2, 0.25) is 0 Å². The number of aromatic nitrogens is 1. The molecule has 0 aliphatic carbocycles. The summed E-state index contributed by atoms with van der Waals surface area (Å²) in [5, 5.41) is 2.77. The quantitative estimate of drug-likeness (QED) is 0.536. The minimum Gasteiger partial charge on any atom is -0.423 e. The van der Waals surface area contributed by atoms with Crippen LogP contribution in [0.3, 0.4) is 0 Å². The third kappa shape index (κ3) is 3.96. The van der Waals surface area contributed by atoms with Gasteiger partial charge in [0.25, 0.3) is 0 Å². The van der Waals surface area contributed by atoms with E-state index in [4.69, 9.17) is 4.42 Å². The van der Waals surface area contributed by atoms with E-state index in [0.29, 0.717) is 11.5 Å². The predicted molar refractivity (Wildman–Crippen MR) is 106 cm³/mol. The van der Waals surface area contributed by atoms with E-state index in [9.17, 15) is 4.79 Å². The second-order valence-electron chi connectivity index (χ2n) is 6.14. The molecule has 1 aromatic heterocycles. The molecule has 0 aliphatic rings. The molecule has 4 nitrogen and oxygen atoms in total. The Balaban J connectivity index is 1.64. The summed E-state index contributed by atoms with van der Waals surface area (Å²) in [6.45, 7) is 0. The van der Waals surface area contributed by atoms with Gasteiger partial charge in [-0.25, -0.2) is 0 Å². The third-order valence-corrected chi connectivity index (χ3v) is 4.16. The SMILES string of the molecule is O=C(Cc1ccccc1)Nc1nc(-c2ccccc2)c(-c2ccccc2)o1. The van der Waals surface area contributed by atoms with E-state index in [1.165, 1.54) is 0 Å². The zero-order valence-corrected chi connectivity index (χ0v) is 14.6. The fourth-order valence-corrected chi connectivity index (χ4v) is 2.90. The van der Waals surface area contributed by atoms with Crippen LogP contribution < -0.4 is 5.32 Å². The minimum absolute atomic E-state index is 0.165. The highest BCUT2D eigenvalue weighted by molar-refractivity contribution is 5.91. The normalized spacial score (nSPS) is 10.5. The number of nitrogens with zero attached hydrogens (tertiary/aromatic N) is 1. The summed E-state index contributed by atoms with van der Waals surface area (Å²) in [5.74, 6) is 0.471. The molecule has 0 spiro atoms. The first-order chi connectivity index (χ1) is 13.3. The number of nitrogens with one attached hydrogen (secondary N) is 1. The van der Waals surface area contributed by atoms with Crippen LogP contribution in [0.5, 0.6) is 0 Å². The van der Waals surface area contributed by atoms with Gasteiger partial charge >= 0.3 is 6.01 Å². The Morgan fingerprint density at radius 1 is 0.778 bits per heavy atom. The number of carbonyl (C=O) groups excluding carboxylic acids is 1. The molecule has 0 saturated heterocycles. The number of hydrogen-bond acceptors (Lipinski definition) is 3. The minimum atomic E-state index is -0.165. The summed E-state index contributed by atoms with van der Waals surface area (Å²) in [5.41, 5.74) is 3.49. The average molecular weight is 354 g/mol. The molecular formula is C23H18N2O2. The van der Waals surface area contributed by atoms with Gasteiger partial charge < -0.3 is 4.42 Å². The first kappa shape index (κ1) is 16.8. The lowest BCUT2D eigenvalue weighted by Crippen LogP contribution is -2.14. The van der Waals surface area contributed by atoms with Crippen LogP contribution in [0, 0.1) is 0 Å². The molecule has 1 amide bonds. The Hall–Kier alpha value is -3.66. The molecular weight excluding hydrogens is 336 g/mol. The number of amides is 1. The predicted octanol–water partition coefficient (Wildman–Crippen LogP) is 5.19. The number of rotatable bonds is 5. The molecule has 0 radical (unpaired) electrons. The van der Waals surface area contributed by atoms with E-state index in [1.54, 1.807) is 0 Å². The molecule has 0 unspecified atom stereocenters. The summed E-state index contributed by atoms with van der Waals surface area (Å²) in [6, 6.07) is 29.3. The summed E-state index contributed by atoms with van der Waals surface area (Å²) in [4.78, 5) is 16.9. The molecule has 4 aromatic rings. The second-order valence-corrected chi connectivity index (χ2v) is 6.14. The Labute approximate surface area is 157 Å². The molecule has 1 heterocycles. The van der Waals surface area contributed by atoms with Crippen LogP contribution in [0.15, 0.2) is 95.4 Å². The van der Waals surface area contributed by atoms with Crippen molar-refractivity contribution in [2.24, 2.45) is 0 Å². The number of carbonyl (C=O) groups is 1. The van der Waals surface area contributed by atoms with Gasteiger partial charge in [0.1, 0.15) is 5.69 Å². The molecule has 1 N–H and O–H groups in total. The Bertz CT molecular complexity index is 969. The second kappa shape index (κ2) is 7.70. The van der Waals surface area contributed by atoms with Crippen molar-refractivity contribution in [3.63, 3.8) is 0 Å². The van der Waals surface area contributed by atoms with E-state index in [-0.39, 0.29) is 18.3 Å². The largest absolute Gasteiger partial charge is 0.423 e. The zero-order valence-electron chi connectivity index (χ0n) is 14.6. The summed E-state index contributed by atoms with van der Waals surface area (Å²) in [7, 11) is 0. The van der Waals surface area contributed by atoms with Crippen LogP contribution in [0.25, 0.3) is 22.6 Å². The average Bonchev–Trinajstić information content (AvgIpc) is 3.14. The van der Waals surface area contributed by atoms with Crippen molar-refractivity contribution in [2.75, 3.05) is 5.32 Å². The summed E-state index contributed by atoms with van der Waals surface area (Å²) in [6.07, 6.45) is 0.268. The summed E-state index contributed by atoms with van der Waals surface area (Å²) < 4.78 is 5.92. The molecule has 0 saturated carbocycles. The fraction of sp³-hybridized carbons (Fsp3) is 0.0435. The number of oxazole rings is 1. The Morgan fingerprint density at radius 2 is 1.33 bits per heavy atom. The standard InChI is InChI=1S/C23H18N2O2/c26-20(16-17-10-4-1-5-11-17)24-23-25-21(18-12-6-2-7-13-18)22(27-23)19-14-8-3-9-15-19/h1-15H,16H2,(H,24,25,26). The van der Waals surface area contributed by atoms with Gasteiger partial charge in [-0.1, -0.05) is 91.0 Å². The first-order valence-corrected chi connectivity index (χ1v) is 8.75. The molecule has 132 valence electrons. The molecule has 27 heavy (non-hydrogen) atoms. The van der Waals surface area contributed by atoms with Crippen molar-refractivity contribution in [3.8, 4) is 22.6 Å². The van der Waals surface area contributed by atoms with Crippen molar-refractivity contribution < 1.29 is 9.21 Å². The lowest BCUT2D eigenvalue weighted by molar-refractivity contribution is -0.115. The molecule has 3 aromatic carbocycles. The van der Waals surface area contributed by atoms with E-state index in [0.717, 1.165) is 16.7 Å². The molecule has 0 aliphatic heterocycles. The summed E-state index contributed by atoms with van der Waals surface area (Å²) >= 11 is 0. The Kier molecular flexibility index (Phi) is 4.79. The lowest BCUT2D eigenvalue weighted by atomic mass is 10.1. The van der Waals surface area contributed by atoms with Crippen molar-refractivity contribution in [3.05, 3.63) is 96.6 Å². The highest BCUT2D eigenvalue weighted by Crippen LogP contribution is 2.34. The van der Waals surface area contributed by atoms with Crippen LogP contribution in [0.4, 0.5) is 6.01 Å². The van der Waals surface area contributed by atoms with Gasteiger partial charge in [0.05, 0.1) is 6.42 Å². The molecule has 0 bridgehead atoms. The van der Waals surface area contributed by atoms with Crippen LogP contribution in [-0.4, -0.2) is 10.9 Å². The van der Waals surface area contributed by atoms with Crippen LogP contribution >= 0.6 is 0 Å². The lowest BCUT2D eigenvalue weighted by Gasteiger charge is -2.01.